The van der Waals surface area contributed by atoms with E-state index in [-0.39, 0.29) is 17.7 Å². The van der Waals surface area contributed by atoms with E-state index in [0.717, 1.165) is 0 Å². The summed E-state index contributed by atoms with van der Waals surface area (Å²) >= 11 is 0. The van der Waals surface area contributed by atoms with E-state index in [1.807, 2.05) is 20.8 Å². The Morgan fingerprint density at radius 3 is 2.60 bits per heavy atom. The lowest BCUT2D eigenvalue weighted by Gasteiger charge is -2.11. The van der Waals surface area contributed by atoms with Crippen LogP contribution in [0.1, 0.15) is 39.3 Å². The molecule has 0 aliphatic carbocycles. The lowest BCUT2D eigenvalue weighted by Crippen LogP contribution is -2.39. The fourth-order valence-electron chi connectivity index (χ4n) is 1.55. The first-order valence-corrected chi connectivity index (χ1v) is 6.94. The molecule has 1 aromatic rings. The Bertz CT molecular complexity index is 417. The topological polar surface area (TPSA) is 103 Å². The maximum absolute atomic E-state index is 11.2. The van der Waals surface area contributed by atoms with Crippen molar-refractivity contribution in [3.63, 3.8) is 0 Å². The van der Waals surface area contributed by atoms with Gasteiger partial charge in [0.1, 0.15) is 5.78 Å². The highest BCUT2D eigenvalue weighted by Gasteiger charge is 2.13. The van der Waals surface area contributed by atoms with Gasteiger partial charge in [-0.1, -0.05) is 26.0 Å². The third-order valence-corrected chi connectivity index (χ3v) is 2.70. The van der Waals surface area contributed by atoms with Crippen LogP contribution < -0.4 is 11.1 Å². The molecule has 0 aliphatic rings. The maximum Gasteiger partial charge on any atom is 0.234 e. The summed E-state index contributed by atoms with van der Waals surface area (Å²) in [4.78, 5) is 22.3. The zero-order valence-corrected chi connectivity index (χ0v) is 12.7. The van der Waals surface area contributed by atoms with Crippen LogP contribution in [-0.2, 0) is 22.6 Å². The number of amides is 1. The van der Waals surface area contributed by atoms with E-state index in [9.17, 15) is 9.59 Å². The summed E-state index contributed by atoms with van der Waals surface area (Å²) in [5.41, 5.74) is 5.86. The first-order valence-electron chi connectivity index (χ1n) is 6.94. The number of likely N-dealkylation sites (N-methyl/N-ethyl adjacent to an activating group) is 1. The molecule has 0 aromatic carbocycles. The molecule has 1 amide bonds. The number of carbonyl (C=O) groups excluding carboxylic acids is 2. The second-order valence-corrected chi connectivity index (χ2v) is 4.07. The highest BCUT2D eigenvalue weighted by atomic mass is 16.1. The molecule has 7 heteroatoms. The molecule has 0 saturated carbocycles. The lowest BCUT2D eigenvalue weighted by molar-refractivity contribution is -0.120. The minimum Gasteiger partial charge on any atom is -0.368 e. The first-order chi connectivity index (χ1) is 9.56. The summed E-state index contributed by atoms with van der Waals surface area (Å²) < 4.78 is 1.62. The summed E-state index contributed by atoms with van der Waals surface area (Å²) in [7, 11) is 1.68. The average Bonchev–Trinajstić information content (AvgIpc) is 2.88. The molecule has 0 aliphatic heterocycles. The minimum atomic E-state index is -0.390. The van der Waals surface area contributed by atoms with Crippen molar-refractivity contribution in [2.75, 3.05) is 7.05 Å². The van der Waals surface area contributed by atoms with Crippen molar-refractivity contribution < 1.29 is 9.59 Å². The number of aromatic nitrogens is 3. The molecule has 1 rings (SSSR count). The second kappa shape index (κ2) is 10.1. The number of hydrogen-bond acceptors (Lipinski definition) is 5. The van der Waals surface area contributed by atoms with Gasteiger partial charge < -0.3 is 11.1 Å². The van der Waals surface area contributed by atoms with E-state index in [0.29, 0.717) is 31.5 Å². The second-order valence-electron chi connectivity index (χ2n) is 4.07. The summed E-state index contributed by atoms with van der Waals surface area (Å²) in [5, 5.41) is 10.6. The van der Waals surface area contributed by atoms with Gasteiger partial charge in [0.15, 0.2) is 0 Å². The van der Waals surface area contributed by atoms with E-state index in [1.54, 1.807) is 17.9 Å². The van der Waals surface area contributed by atoms with Gasteiger partial charge >= 0.3 is 0 Å². The van der Waals surface area contributed by atoms with Gasteiger partial charge in [-0.2, -0.15) is 0 Å². The molecule has 3 N–H and O–H groups in total. The molecule has 7 nitrogen and oxygen atoms in total. The van der Waals surface area contributed by atoms with Crippen molar-refractivity contribution >= 4 is 11.7 Å². The number of primary amides is 1. The van der Waals surface area contributed by atoms with Gasteiger partial charge in [0.05, 0.1) is 18.2 Å². The highest BCUT2D eigenvalue weighted by molar-refractivity contribution is 5.80. The molecule has 0 saturated heterocycles. The van der Waals surface area contributed by atoms with Crippen molar-refractivity contribution in [2.45, 2.75) is 52.6 Å². The Kier molecular flexibility index (Phi) is 9.19. The standard InChI is InChI=1S/C11H19N5O2.C2H6/c1-3-9(17)6-8-7-16(15-14-8)5-4-10(13-2)11(12)18;1-2/h7,10,13H,3-6H2,1-2H3,(H2,12,18);1-2H3. The van der Waals surface area contributed by atoms with Crippen molar-refractivity contribution in [2.24, 2.45) is 5.73 Å². The molecule has 1 heterocycles. The Hall–Kier alpha value is -1.76. The Labute approximate surface area is 119 Å². The Morgan fingerprint density at radius 2 is 2.10 bits per heavy atom. The summed E-state index contributed by atoms with van der Waals surface area (Å²) in [6.07, 6.45) is 3.07. The number of nitrogens with one attached hydrogen (secondary N) is 1. The zero-order valence-electron chi connectivity index (χ0n) is 12.7. The van der Waals surface area contributed by atoms with Gasteiger partial charge in [0.25, 0.3) is 0 Å². The zero-order chi connectivity index (χ0) is 15.5. The van der Waals surface area contributed by atoms with E-state index < -0.39 is 0 Å². The Balaban J connectivity index is 0.00000172. The van der Waals surface area contributed by atoms with Crippen LogP contribution in [0.5, 0.6) is 0 Å². The van der Waals surface area contributed by atoms with Gasteiger partial charge in [0.2, 0.25) is 5.91 Å². The number of Topliss-reactive ketones (excluding diaryl/α,β-unsaturated/α-hetero) is 1. The molecular weight excluding hydrogens is 258 g/mol. The van der Waals surface area contributed by atoms with Crippen LogP contribution in [-0.4, -0.2) is 39.8 Å². The first kappa shape index (κ1) is 18.2. The molecule has 0 fully saturated rings. The molecule has 0 radical (unpaired) electrons. The molecule has 0 bridgehead atoms. The largest absolute Gasteiger partial charge is 0.368 e. The van der Waals surface area contributed by atoms with Crippen molar-refractivity contribution in [1.29, 1.82) is 0 Å². The monoisotopic (exact) mass is 283 g/mol. The predicted octanol–water partition coefficient (Wildman–Crippen LogP) is 0.289. The van der Waals surface area contributed by atoms with Gasteiger partial charge in [0, 0.05) is 19.2 Å². The van der Waals surface area contributed by atoms with Gasteiger partial charge in [-0.25, -0.2) is 0 Å². The Morgan fingerprint density at radius 1 is 1.45 bits per heavy atom. The quantitative estimate of drug-likeness (QED) is 0.713. The average molecular weight is 283 g/mol. The lowest BCUT2D eigenvalue weighted by atomic mass is 10.2. The van der Waals surface area contributed by atoms with Gasteiger partial charge in [-0.3, -0.25) is 14.3 Å². The van der Waals surface area contributed by atoms with Crippen molar-refractivity contribution in [3.8, 4) is 0 Å². The van der Waals surface area contributed by atoms with Crippen molar-refractivity contribution in [1.82, 2.24) is 20.3 Å². The van der Waals surface area contributed by atoms with Crippen LogP contribution in [0, 0.1) is 0 Å². The van der Waals surface area contributed by atoms with Crippen LogP contribution >= 0.6 is 0 Å². The van der Waals surface area contributed by atoms with Crippen LogP contribution in [0.25, 0.3) is 0 Å². The molecule has 20 heavy (non-hydrogen) atoms. The maximum atomic E-state index is 11.2. The fraction of sp³-hybridized carbons (Fsp3) is 0.692. The van der Waals surface area contributed by atoms with Crippen LogP contribution in [0.2, 0.25) is 0 Å². The SMILES string of the molecule is CC.CCC(=O)Cc1cn(CCC(NC)C(N)=O)nn1. The van der Waals surface area contributed by atoms with Crippen LogP contribution in [0.15, 0.2) is 6.20 Å². The number of nitrogens with zero attached hydrogens (tertiary/aromatic N) is 3. The molecule has 1 unspecified atom stereocenters. The van der Waals surface area contributed by atoms with E-state index >= 15 is 0 Å². The number of aryl methyl sites for hydroxylation is 1. The molecule has 1 aromatic heterocycles. The van der Waals surface area contributed by atoms with Gasteiger partial charge in [-0.05, 0) is 13.5 Å². The highest BCUT2D eigenvalue weighted by Crippen LogP contribution is 2.00. The van der Waals surface area contributed by atoms with E-state index in [2.05, 4.69) is 15.6 Å². The summed E-state index contributed by atoms with van der Waals surface area (Å²) in [6, 6.07) is -0.380. The number of hydrogen-bond donors (Lipinski definition) is 2. The number of ketones is 1. The number of rotatable bonds is 8. The van der Waals surface area contributed by atoms with Crippen LogP contribution in [0.4, 0.5) is 0 Å². The normalized spacial score (nSPS) is 11.4. The molecule has 0 spiro atoms. The van der Waals surface area contributed by atoms with Crippen molar-refractivity contribution in [3.05, 3.63) is 11.9 Å². The fourth-order valence-corrected chi connectivity index (χ4v) is 1.55. The number of carbonyl (C=O) groups is 2. The smallest absolute Gasteiger partial charge is 0.234 e. The summed E-state index contributed by atoms with van der Waals surface area (Å²) in [5.74, 6) is -0.258. The third-order valence-electron chi connectivity index (χ3n) is 2.70. The molecule has 1 atom stereocenters. The third kappa shape index (κ3) is 6.42. The van der Waals surface area contributed by atoms with E-state index in [1.165, 1.54) is 0 Å². The van der Waals surface area contributed by atoms with Gasteiger partial charge in [-0.15, -0.1) is 5.10 Å². The minimum absolute atomic E-state index is 0.132. The molecular formula is C13H25N5O2. The molecule has 114 valence electrons. The summed E-state index contributed by atoms with van der Waals surface area (Å²) in [6.45, 7) is 6.35. The predicted molar refractivity (Wildman–Crippen MR) is 77.0 cm³/mol. The van der Waals surface area contributed by atoms with E-state index in [4.69, 9.17) is 5.73 Å². The van der Waals surface area contributed by atoms with Crippen LogP contribution in [0.3, 0.4) is 0 Å². The number of nitrogens with two attached hydrogens (primary N) is 1.